The van der Waals surface area contributed by atoms with Gasteiger partial charge in [-0.05, 0) is 50.1 Å². The Hall–Kier alpha value is -1.68. The predicted octanol–water partition coefficient (Wildman–Crippen LogP) is 3.44. The second-order valence-electron chi connectivity index (χ2n) is 5.09. The maximum atomic E-state index is 5.87. The molecule has 0 amide bonds. The predicted molar refractivity (Wildman–Crippen MR) is 83.8 cm³/mol. The van der Waals surface area contributed by atoms with Gasteiger partial charge in [0.1, 0.15) is 17.3 Å². The second kappa shape index (κ2) is 7.93. The molecule has 4 heteroatoms. The molecule has 0 radical (unpaired) electrons. The van der Waals surface area contributed by atoms with Crippen LogP contribution in [0, 0.1) is 0 Å². The van der Waals surface area contributed by atoms with Gasteiger partial charge in [0.2, 0.25) is 0 Å². The number of hydrogen-bond donors (Lipinski definition) is 1. The van der Waals surface area contributed by atoms with Crippen molar-refractivity contribution in [2.24, 2.45) is 0 Å². The molecule has 1 heterocycles. The molecule has 116 valence electrons. The fourth-order valence-corrected chi connectivity index (χ4v) is 2.50. The minimum Gasteiger partial charge on any atom is -0.497 e. The average Bonchev–Trinajstić information content (AvgIpc) is 2.56. The highest BCUT2D eigenvalue weighted by Crippen LogP contribution is 2.34. The van der Waals surface area contributed by atoms with E-state index in [4.69, 9.17) is 14.2 Å². The Bertz CT molecular complexity index is 485. The van der Waals surface area contributed by atoms with Crippen LogP contribution >= 0.6 is 0 Å². The van der Waals surface area contributed by atoms with Gasteiger partial charge in [-0.25, -0.2) is 0 Å². The Kier molecular flexibility index (Phi) is 5.93. The van der Waals surface area contributed by atoms with Crippen LogP contribution in [-0.2, 0) is 4.74 Å². The first kappa shape index (κ1) is 15.7. The molecule has 0 fully saturated rings. The fraction of sp³-hybridized carbons (Fsp3) is 0.529. The normalized spacial score (nSPS) is 15.9. The van der Waals surface area contributed by atoms with Crippen LogP contribution in [0.2, 0.25) is 0 Å². The van der Waals surface area contributed by atoms with Gasteiger partial charge in [-0.2, -0.15) is 0 Å². The Balaban J connectivity index is 2.36. The molecule has 21 heavy (non-hydrogen) atoms. The highest BCUT2D eigenvalue weighted by Gasteiger charge is 2.23. The van der Waals surface area contributed by atoms with Crippen molar-refractivity contribution in [3.05, 3.63) is 35.6 Å². The Morgan fingerprint density at radius 3 is 2.76 bits per heavy atom. The van der Waals surface area contributed by atoms with Crippen LogP contribution < -0.4 is 14.8 Å². The molecule has 1 aliphatic heterocycles. The van der Waals surface area contributed by atoms with E-state index in [1.54, 1.807) is 14.2 Å². The van der Waals surface area contributed by atoms with Crippen molar-refractivity contribution < 1.29 is 14.2 Å². The molecule has 0 saturated carbocycles. The lowest BCUT2D eigenvalue weighted by atomic mass is 10.0. The van der Waals surface area contributed by atoms with Crippen LogP contribution in [0.4, 0.5) is 0 Å². The molecule has 0 bridgehead atoms. The highest BCUT2D eigenvalue weighted by atomic mass is 16.5. The summed E-state index contributed by atoms with van der Waals surface area (Å²) in [6, 6.07) is 5.88. The summed E-state index contributed by atoms with van der Waals surface area (Å²) in [5, 5.41) is 3.55. The molecule has 1 aromatic carbocycles. The second-order valence-corrected chi connectivity index (χ2v) is 5.09. The molecular weight excluding hydrogens is 266 g/mol. The maximum absolute atomic E-state index is 5.87. The maximum Gasteiger partial charge on any atom is 0.124 e. The summed E-state index contributed by atoms with van der Waals surface area (Å²) in [4.78, 5) is 0. The van der Waals surface area contributed by atoms with Crippen molar-refractivity contribution in [2.45, 2.75) is 32.2 Å². The third kappa shape index (κ3) is 3.91. The highest BCUT2D eigenvalue weighted by molar-refractivity contribution is 5.44. The third-order valence-corrected chi connectivity index (χ3v) is 3.59. The molecule has 0 saturated heterocycles. The molecular formula is C17H25NO3. The number of benzene rings is 1. The van der Waals surface area contributed by atoms with Gasteiger partial charge in [0.15, 0.2) is 0 Å². The topological polar surface area (TPSA) is 39.7 Å². The largest absolute Gasteiger partial charge is 0.497 e. The molecule has 0 aromatic heterocycles. The molecule has 4 nitrogen and oxygen atoms in total. The van der Waals surface area contributed by atoms with Crippen molar-refractivity contribution in [3.63, 3.8) is 0 Å². The van der Waals surface area contributed by atoms with E-state index >= 15 is 0 Å². The zero-order chi connectivity index (χ0) is 15.1. The van der Waals surface area contributed by atoms with Crippen molar-refractivity contribution in [2.75, 3.05) is 27.4 Å². The van der Waals surface area contributed by atoms with E-state index in [1.807, 2.05) is 18.2 Å². The summed E-state index contributed by atoms with van der Waals surface area (Å²) in [5.41, 5.74) is 1.05. The lowest BCUT2D eigenvalue weighted by molar-refractivity contribution is 0.166. The van der Waals surface area contributed by atoms with Gasteiger partial charge in [0, 0.05) is 5.56 Å². The molecule has 0 spiro atoms. The van der Waals surface area contributed by atoms with Gasteiger partial charge in [0.25, 0.3) is 0 Å². The standard InChI is InChI=1S/C17H25NO3/c1-4-10-18-17(16-7-5-6-11-21-16)14-12-13(19-2)8-9-15(14)20-3/h7-9,12,17-18H,4-6,10-11H2,1-3H3. The molecule has 1 aromatic rings. The lowest BCUT2D eigenvalue weighted by Crippen LogP contribution is -2.26. The fourth-order valence-electron chi connectivity index (χ4n) is 2.50. The SMILES string of the molecule is CCCNC(C1=CCCCO1)c1cc(OC)ccc1OC. The molecule has 1 atom stereocenters. The van der Waals surface area contributed by atoms with Crippen molar-refractivity contribution in [1.29, 1.82) is 0 Å². The number of nitrogens with one attached hydrogen (secondary N) is 1. The smallest absolute Gasteiger partial charge is 0.124 e. The zero-order valence-electron chi connectivity index (χ0n) is 13.1. The van der Waals surface area contributed by atoms with E-state index in [2.05, 4.69) is 18.3 Å². The van der Waals surface area contributed by atoms with Crippen LogP contribution in [0.5, 0.6) is 11.5 Å². The summed E-state index contributed by atoms with van der Waals surface area (Å²) in [6.45, 7) is 3.86. The van der Waals surface area contributed by atoms with E-state index in [-0.39, 0.29) is 6.04 Å². The first-order valence-electron chi connectivity index (χ1n) is 7.58. The Morgan fingerprint density at radius 1 is 1.29 bits per heavy atom. The number of hydrogen-bond acceptors (Lipinski definition) is 4. The number of allylic oxidation sites excluding steroid dienone is 1. The zero-order valence-corrected chi connectivity index (χ0v) is 13.1. The summed E-state index contributed by atoms with van der Waals surface area (Å²) in [7, 11) is 3.37. The first-order chi connectivity index (χ1) is 10.3. The third-order valence-electron chi connectivity index (χ3n) is 3.59. The van der Waals surface area contributed by atoms with Crippen LogP contribution in [0.25, 0.3) is 0 Å². The summed E-state index contributed by atoms with van der Waals surface area (Å²) in [6.07, 6.45) is 5.39. The van der Waals surface area contributed by atoms with E-state index in [0.717, 1.165) is 55.2 Å². The van der Waals surface area contributed by atoms with Gasteiger partial charge in [-0.3, -0.25) is 0 Å². The molecule has 1 N–H and O–H groups in total. The number of rotatable bonds is 7. The van der Waals surface area contributed by atoms with E-state index in [1.165, 1.54) is 0 Å². The average molecular weight is 291 g/mol. The Labute approximate surface area is 127 Å². The van der Waals surface area contributed by atoms with Gasteiger partial charge < -0.3 is 19.5 Å². The van der Waals surface area contributed by atoms with Gasteiger partial charge in [-0.1, -0.05) is 6.92 Å². The van der Waals surface area contributed by atoms with Gasteiger partial charge >= 0.3 is 0 Å². The van der Waals surface area contributed by atoms with E-state index in [9.17, 15) is 0 Å². The van der Waals surface area contributed by atoms with Crippen molar-refractivity contribution in [1.82, 2.24) is 5.32 Å². The summed E-state index contributed by atoms with van der Waals surface area (Å²) in [5.74, 6) is 2.66. The Morgan fingerprint density at radius 2 is 2.14 bits per heavy atom. The monoisotopic (exact) mass is 291 g/mol. The quantitative estimate of drug-likeness (QED) is 0.835. The van der Waals surface area contributed by atoms with E-state index < -0.39 is 0 Å². The van der Waals surface area contributed by atoms with Crippen LogP contribution in [0.3, 0.4) is 0 Å². The minimum absolute atomic E-state index is 0.00954. The van der Waals surface area contributed by atoms with Gasteiger partial charge in [-0.15, -0.1) is 0 Å². The molecule has 2 rings (SSSR count). The number of methoxy groups -OCH3 is 2. The van der Waals surface area contributed by atoms with Crippen LogP contribution in [0.1, 0.15) is 37.8 Å². The molecule has 1 unspecified atom stereocenters. The summed E-state index contributed by atoms with van der Waals surface area (Å²) >= 11 is 0. The number of ether oxygens (including phenoxy) is 3. The van der Waals surface area contributed by atoms with Crippen molar-refractivity contribution in [3.8, 4) is 11.5 Å². The van der Waals surface area contributed by atoms with E-state index in [0.29, 0.717) is 0 Å². The minimum atomic E-state index is 0.00954. The molecule has 0 aliphatic carbocycles. The van der Waals surface area contributed by atoms with Gasteiger partial charge in [0.05, 0.1) is 26.9 Å². The van der Waals surface area contributed by atoms with Crippen LogP contribution in [0.15, 0.2) is 30.0 Å². The van der Waals surface area contributed by atoms with Crippen molar-refractivity contribution >= 4 is 0 Å². The van der Waals surface area contributed by atoms with Crippen LogP contribution in [-0.4, -0.2) is 27.4 Å². The lowest BCUT2D eigenvalue weighted by Gasteiger charge is -2.26. The summed E-state index contributed by atoms with van der Waals surface area (Å²) < 4.78 is 16.7. The molecule has 1 aliphatic rings. The first-order valence-corrected chi connectivity index (χ1v) is 7.58.